The summed E-state index contributed by atoms with van der Waals surface area (Å²) in [7, 11) is 0. The van der Waals surface area contributed by atoms with Crippen molar-refractivity contribution < 1.29 is 19.3 Å². The van der Waals surface area contributed by atoms with Crippen molar-refractivity contribution in [1.82, 2.24) is 0 Å². The SMILES string of the molecule is N/C(CC1(COc2c(F)cccc2[N+](=O)[O-])CC1)=N/O. The molecule has 0 aromatic heterocycles. The predicted octanol–water partition coefficient (Wildman–Crippen LogP) is 2.03. The van der Waals surface area contributed by atoms with Crippen LogP contribution in [0.3, 0.4) is 0 Å². The van der Waals surface area contributed by atoms with Gasteiger partial charge in [0, 0.05) is 17.9 Å². The molecular formula is C12H14FN3O4. The summed E-state index contributed by atoms with van der Waals surface area (Å²) in [5.41, 5.74) is 4.70. The first-order chi connectivity index (χ1) is 9.47. The number of benzene rings is 1. The summed E-state index contributed by atoms with van der Waals surface area (Å²) in [5, 5.41) is 22.3. The van der Waals surface area contributed by atoms with Gasteiger partial charge in [0.1, 0.15) is 5.84 Å². The molecule has 0 spiro atoms. The van der Waals surface area contributed by atoms with Gasteiger partial charge in [-0.25, -0.2) is 4.39 Å². The van der Waals surface area contributed by atoms with Crippen LogP contribution in [0, 0.1) is 21.3 Å². The van der Waals surface area contributed by atoms with Gasteiger partial charge in [-0.3, -0.25) is 10.1 Å². The van der Waals surface area contributed by atoms with E-state index in [0.29, 0.717) is 6.42 Å². The van der Waals surface area contributed by atoms with E-state index in [2.05, 4.69) is 5.16 Å². The second-order valence-corrected chi connectivity index (χ2v) is 4.90. The van der Waals surface area contributed by atoms with Crippen molar-refractivity contribution in [1.29, 1.82) is 0 Å². The number of oxime groups is 1. The van der Waals surface area contributed by atoms with E-state index in [-0.39, 0.29) is 23.6 Å². The zero-order chi connectivity index (χ0) is 14.8. The van der Waals surface area contributed by atoms with Crippen molar-refractivity contribution >= 4 is 11.5 Å². The molecule has 0 heterocycles. The molecule has 1 aliphatic carbocycles. The number of nitro groups is 1. The zero-order valence-corrected chi connectivity index (χ0v) is 10.6. The van der Waals surface area contributed by atoms with Crippen LogP contribution in [0.25, 0.3) is 0 Å². The molecule has 1 aromatic carbocycles. The summed E-state index contributed by atoms with van der Waals surface area (Å²) in [4.78, 5) is 10.1. The van der Waals surface area contributed by atoms with Crippen LogP contribution in [0.5, 0.6) is 5.75 Å². The van der Waals surface area contributed by atoms with E-state index < -0.39 is 16.4 Å². The van der Waals surface area contributed by atoms with Crippen LogP contribution in [0.2, 0.25) is 0 Å². The fraction of sp³-hybridized carbons (Fsp3) is 0.417. The molecule has 0 bridgehead atoms. The van der Waals surface area contributed by atoms with Gasteiger partial charge in [-0.05, 0) is 18.9 Å². The van der Waals surface area contributed by atoms with E-state index in [1.165, 1.54) is 12.1 Å². The van der Waals surface area contributed by atoms with Crippen LogP contribution >= 0.6 is 0 Å². The summed E-state index contributed by atoms with van der Waals surface area (Å²) in [5.74, 6) is -1.09. The highest BCUT2D eigenvalue weighted by atomic mass is 19.1. The first kappa shape index (κ1) is 14.0. The van der Waals surface area contributed by atoms with Gasteiger partial charge in [0.25, 0.3) is 0 Å². The van der Waals surface area contributed by atoms with Crippen LogP contribution in [0.4, 0.5) is 10.1 Å². The molecule has 8 heteroatoms. The summed E-state index contributed by atoms with van der Waals surface area (Å²) in [6.07, 6.45) is 1.88. The third-order valence-electron chi connectivity index (χ3n) is 3.31. The fourth-order valence-electron chi connectivity index (χ4n) is 1.98. The standard InChI is InChI=1S/C12H14FN3O4/c13-8-2-1-3-9(16(18)19)11(8)20-7-12(4-5-12)6-10(14)15-17/h1-3,17H,4-7H2,(H2,14,15). The molecule has 1 fully saturated rings. The number of para-hydroxylation sites is 1. The molecule has 7 nitrogen and oxygen atoms in total. The van der Waals surface area contributed by atoms with Gasteiger partial charge in [-0.2, -0.15) is 0 Å². The molecule has 1 saturated carbocycles. The Morgan fingerprint density at radius 1 is 1.60 bits per heavy atom. The van der Waals surface area contributed by atoms with Gasteiger partial charge in [-0.15, -0.1) is 0 Å². The minimum atomic E-state index is -0.779. The summed E-state index contributed by atoms with van der Waals surface area (Å²) < 4.78 is 18.9. The molecule has 0 atom stereocenters. The molecule has 0 radical (unpaired) electrons. The van der Waals surface area contributed by atoms with Gasteiger partial charge in [0.15, 0.2) is 5.82 Å². The Hall–Kier alpha value is -2.38. The lowest BCUT2D eigenvalue weighted by Crippen LogP contribution is -2.23. The zero-order valence-electron chi connectivity index (χ0n) is 10.6. The monoisotopic (exact) mass is 283 g/mol. The number of hydrogen-bond donors (Lipinski definition) is 2. The van der Waals surface area contributed by atoms with Crippen LogP contribution < -0.4 is 10.5 Å². The highest BCUT2D eigenvalue weighted by Crippen LogP contribution is 2.49. The average Bonchev–Trinajstić information content (AvgIpc) is 3.16. The largest absolute Gasteiger partial charge is 0.484 e. The van der Waals surface area contributed by atoms with E-state index in [1.54, 1.807) is 0 Å². The molecule has 3 N–H and O–H groups in total. The number of nitrogens with two attached hydrogens (primary N) is 1. The van der Waals surface area contributed by atoms with Crippen molar-refractivity contribution in [3.63, 3.8) is 0 Å². The number of halogens is 1. The maximum Gasteiger partial charge on any atom is 0.314 e. The molecule has 1 aromatic rings. The van der Waals surface area contributed by atoms with E-state index in [1.807, 2.05) is 0 Å². The average molecular weight is 283 g/mol. The highest BCUT2D eigenvalue weighted by molar-refractivity contribution is 5.80. The lowest BCUT2D eigenvalue weighted by atomic mass is 10.0. The maximum absolute atomic E-state index is 13.6. The normalized spacial score (nSPS) is 16.8. The molecule has 0 unspecified atom stereocenters. The minimum absolute atomic E-state index is 0.0640. The van der Waals surface area contributed by atoms with Gasteiger partial charge in [-0.1, -0.05) is 11.2 Å². The topological polar surface area (TPSA) is 111 Å². The van der Waals surface area contributed by atoms with Gasteiger partial charge in [0.05, 0.1) is 11.5 Å². The van der Waals surface area contributed by atoms with E-state index in [4.69, 9.17) is 15.7 Å². The Balaban J connectivity index is 2.10. The Labute approximate surface area is 114 Å². The Bertz CT molecular complexity index is 558. The third kappa shape index (κ3) is 2.95. The van der Waals surface area contributed by atoms with Crippen molar-refractivity contribution in [3.05, 3.63) is 34.1 Å². The lowest BCUT2D eigenvalue weighted by Gasteiger charge is -2.15. The lowest BCUT2D eigenvalue weighted by molar-refractivity contribution is -0.386. The highest BCUT2D eigenvalue weighted by Gasteiger charge is 2.45. The number of hydrogen-bond acceptors (Lipinski definition) is 5. The van der Waals surface area contributed by atoms with Crippen LogP contribution in [-0.2, 0) is 0 Å². The molecule has 108 valence electrons. The van der Waals surface area contributed by atoms with Crippen molar-refractivity contribution in [2.24, 2.45) is 16.3 Å². The van der Waals surface area contributed by atoms with Gasteiger partial charge >= 0.3 is 5.69 Å². The fourth-order valence-corrected chi connectivity index (χ4v) is 1.98. The second-order valence-electron chi connectivity index (χ2n) is 4.90. The minimum Gasteiger partial charge on any atom is -0.484 e. The number of amidine groups is 1. The quantitative estimate of drug-likeness (QED) is 0.273. The number of rotatable bonds is 6. The summed E-state index contributed by atoms with van der Waals surface area (Å²) in [6.45, 7) is 0.0883. The molecule has 0 aliphatic heterocycles. The predicted molar refractivity (Wildman–Crippen MR) is 68.2 cm³/mol. The number of ether oxygens (including phenoxy) is 1. The summed E-state index contributed by atoms with van der Waals surface area (Å²) in [6, 6.07) is 3.54. The van der Waals surface area contributed by atoms with Crippen molar-refractivity contribution in [2.45, 2.75) is 19.3 Å². The first-order valence-electron chi connectivity index (χ1n) is 5.99. The van der Waals surface area contributed by atoms with E-state index in [0.717, 1.165) is 18.9 Å². The van der Waals surface area contributed by atoms with Crippen LogP contribution in [0.15, 0.2) is 23.4 Å². The Morgan fingerprint density at radius 3 is 2.85 bits per heavy atom. The maximum atomic E-state index is 13.6. The molecular weight excluding hydrogens is 269 g/mol. The second kappa shape index (κ2) is 5.32. The third-order valence-corrected chi connectivity index (χ3v) is 3.31. The van der Waals surface area contributed by atoms with Gasteiger partial charge in [0.2, 0.25) is 5.75 Å². The van der Waals surface area contributed by atoms with Gasteiger partial charge < -0.3 is 15.7 Å². The molecule has 0 saturated heterocycles. The Kier molecular flexibility index (Phi) is 3.73. The van der Waals surface area contributed by atoms with Crippen molar-refractivity contribution in [3.8, 4) is 5.75 Å². The molecule has 20 heavy (non-hydrogen) atoms. The Morgan fingerprint density at radius 2 is 2.30 bits per heavy atom. The smallest absolute Gasteiger partial charge is 0.314 e. The van der Waals surface area contributed by atoms with E-state index in [9.17, 15) is 14.5 Å². The number of nitro benzene ring substituents is 1. The first-order valence-corrected chi connectivity index (χ1v) is 5.99. The molecule has 1 aliphatic rings. The summed E-state index contributed by atoms with van der Waals surface area (Å²) >= 11 is 0. The van der Waals surface area contributed by atoms with Crippen LogP contribution in [-0.4, -0.2) is 22.6 Å². The number of nitrogens with zero attached hydrogens (tertiary/aromatic N) is 2. The molecule has 0 amide bonds. The van der Waals surface area contributed by atoms with Crippen LogP contribution in [0.1, 0.15) is 19.3 Å². The van der Waals surface area contributed by atoms with E-state index >= 15 is 0 Å². The molecule has 2 rings (SSSR count). The van der Waals surface area contributed by atoms with Crippen molar-refractivity contribution in [2.75, 3.05) is 6.61 Å².